The van der Waals surface area contributed by atoms with Crippen LogP contribution in [0.15, 0.2) is 53.0 Å². The van der Waals surface area contributed by atoms with Gasteiger partial charge in [-0.3, -0.25) is 4.79 Å². The highest BCUT2D eigenvalue weighted by molar-refractivity contribution is 9.10. The van der Waals surface area contributed by atoms with E-state index in [-0.39, 0.29) is 18.0 Å². The van der Waals surface area contributed by atoms with Gasteiger partial charge in [0.1, 0.15) is 0 Å². The maximum atomic E-state index is 12.9. The number of hydrogen-bond acceptors (Lipinski definition) is 2. The summed E-state index contributed by atoms with van der Waals surface area (Å²) in [4.78, 5) is 24.7. The molecule has 0 unspecified atom stereocenters. The molecule has 5 nitrogen and oxygen atoms in total. The van der Waals surface area contributed by atoms with Crippen molar-refractivity contribution in [3.05, 3.63) is 64.1 Å². The van der Waals surface area contributed by atoms with Gasteiger partial charge in [0.05, 0.1) is 5.41 Å². The second kappa shape index (κ2) is 8.78. The number of urea groups is 1. The third-order valence-corrected chi connectivity index (χ3v) is 5.65. The molecule has 0 aliphatic heterocycles. The van der Waals surface area contributed by atoms with Gasteiger partial charge in [0.15, 0.2) is 0 Å². The molecule has 1 saturated carbocycles. The van der Waals surface area contributed by atoms with Gasteiger partial charge in [0.2, 0.25) is 5.91 Å². The summed E-state index contributed by atoms with van der Waals surface area (Å²) >= 11 is 3.45. The summed E-state index contributed by atoms with van der Waals surface area (Å²) in [5.41, 5.74) is 2.39. The fourth-order valence-electron chi connectivity index (χ4n) is 3.43. The Morgan fingerprint density at radius 3 is 2.21 bits per heavy atom. The predicted molar refractivity (Wildman–Crippen MR) is 115 cm³/mol. The molecule has 0 spiro atoms. The van der Waals surface area contributed by atoms with E-state index in [0.29, 0.717) is 6.54 Å². The number of carbonyl (C=O) groups excluding carboxylic acids is 2. The van der Waals surface area contributed by atoms with Crippen molar-refractivity contribution < 1.29 is 9.59 Å². The first-order valence-electron chi connectivity index (χ1n) is 9.60. The van der Waals surface area contributed by atoms with Crippen LogP contribution in [0.25, 0.3) is 0 Å². The smallest absolute Gasteiger partial charge is 0.319 e. The summed E-state index contributed by atoms with van der Waals surface area (Å²) in [6, 6.07) is 15.4. The van der Waals surface area contributed by atoms with E-state index >= 15 is 0 Å². The molecule has 0 aromatic heterocycles. The number of anilines is 1. The number of hydrogen-bond donors (Lipinski definition) is 3. The summed E-state index contributed by atoms with van der Waals surface area (Å²) in [7, 11) is 0. The predicted octanol–water partition coefficient (Wildman–Crippen LogP) is 4.72. The molecule has 0 bridgehead atoms. The molecule has 0 radical (unpaired) electrons. The van der Waals surface area contributed by atoms with Crippen LogP contribution in [0.2, 0.25) is 0 Å². The Balaban J connectivity index is 1.58. The molecular formula is C22H26BrN3O2. The third-order valence-electron chi connectivity index (χ3n) is 5.12. The first-order chi connectivity index (χ1) is 13.4. The lowest BCUT2D eigenvalue weighted by Gasteiger charge is -2.40. The summed E-state index contributed by atoms with van der Waals surface area (Å²) in [5.74, 6) is 0.0829. The molecule has 6 heteroatoms. The van der Waals surface area contributed by atoms with Gasteiger partial charge in [0, 0.05) is 22.7 Å². The summed E-state index contributed by atoms with van der Waals surface area (Å²) in [5, 5.41) is 8.67. The van der Waals surface area contributed by atoms with Crippen LogP contribution in [0.3, 0.4) is 0 Å². The van der Waals surface area contributed by atoms with Crippen molar-refractivity contribution >= 4 is 33.6 Å². The van der Waals surface area contributed by atoms with Crippen molar-refractivity contribution in [2.24, 2.45) is 0 Å². The summed E-state index contributed by atoms with van der Waals surface area (Å²) in [6.45, 7) is 4.29. The van der Waals surface area contributed by atoms with Crippen molar-refractivity contribution in [2.75, 3.05) is 5.32 Å². The van der Waals surface area contributed by atoms with E-state index in [0.717, 1.165) is 40.5 Å². The minimum Gasteiger partial charge on any atom is -0.351 e. The van der Waals surface area contributed by atoms with Crippen molar-refractivity contribution in [3.8, 4) is 0 Å². The van der Waals surface area contributed by atoms with Gasteiger partial charge < -0.3 is 16.0 Å². The molecule has 148 valence electrons. The van der Waals surface area contributed by atoms with Crippen molar-refractivity contribution in [3.63, 3.8) is 0 Å². The Kier molecular flexibility index (Phi) is 6.39. The average molecular weight is 444 g/mol. The van der Waals surface area contributed by atoms with Gasteiger partial charge in [0.25, 0.3) is 0 Å². The highest BCUT2D eigenvalue weighted by Crippen LogP contribution is 2.44. The largest absolute Gasteiger partial charge is 0.351 e. The van der Waals surface area contributed by atoms with Crippen LogP contribution < -0.4 is 16.0 Å². The average Bonchev–Trinajstić information content (AvgIpc) is 2.61. The van der Waals surface area contributed by atoms with E-state index in [2.05, 4.69) is 31.9 Å². The van der Waals surface area contributed by atoms with Crippen LogP contribution in [-0.4, -0.2) is 18.0 Å². The van der Waals surface area contributed by atoms with Crippen LogP contribution in [0.5, 0.6) is 0 Å². The zero-order valence-corrected chi connectivity index (χ0v) is 17.8. The quantitative estimate of drug-likeness (QED) is 0.604. The third kappa shape index (κ3) is 4.73. The van der Waals surface area contributed by atoms with Gasteiger partial charge in [-0.15, -0.1) is 0 Å². The number of amides is 3. The molecule has 1 fully saturated rings. The molecule has 1 aliphatic rings. The monoisotopic (exact) mass is 443 g/mol. The Morgan fingerprint density at radius 2 is 1.68 bits per heavy atom. The van der Waals surface area contributed by atoms with E-state index in [9.17, 15) is 9.59 Å². The van der Waals surface area contributed by atoms with Crippen molar-refractivity contribution in [2.45, 2.75) is 51.1 Å². The van der Waals surface area contributed by atoms with Gasteiger partial charge in [-0.05, 0) is 62.1 Å². The van der Waals surface area contributed by atoms with Gasteiger partial charge >= 0.3 is 6.03 Å². The first kappa shape index (κ1) is 20.4. The van der Waals surface area contributed by atoms with E-state index in [1.54, 1.807) is 0 Å². The number of carbonyl (C=O) groups is 2. The lowest BCUT2D eigenvalue weighted by Crippen LogP contribution is -2.48. The Hall–Kier alpha value is -2.34. The Labute approximate surface area is 174 Å². The molecule has 2 aromatic carbocycles. The minimum absolute atomic E-state index is 0.0824. The van der Waals surface area contributed by atoms with Crippen molar-refractivity contribution in [1.82, 2.24) is 10.6 Å². The van der Waals surface area contributed by atoms with Crippen molar-refractivity contribution in [1.29, 1.82) is 0 Å². The molecule has 3 rings (SSSR count). The molecule has 3 N–H and O–H groups in total. The summed E-state index contributed by atoms with van der Waals surface area (Å²) in [6.07, 6.45) is 2.84. The lowest BCUT2D eigenvalue weighted by molar-refractivity contribution is -0.130. The van der Waals surface area contributed by atoms with E-state index < -0.39 is 5.41 Å². The van der Waals surface area contributed by atoms with E-state index in [4.69, 9.17) is 0 Å². The molecule has 3 amide bonds. The zero-order valence-electron chi connectivity index (χ0n) is 16.2. The Morgan fingerprint density at radius 1 is 1.04 bits per heavy atom. The lowest BCUT2D eigenvalue weighted by atomic mass is 9.64. The maximum absolute atomic E-state index is 12.9. The van der Waals surface area contributed by atoms with Gasteiger partial charge in [-0.25, -0.2) is 4.79 Å². The van der Waals surface area contributed by atoms with Gasteiger partial charge in [-0.2, -0.15) is 0 Å². The summed E-state index contributed by atoms with van der Waals surface area (Å²) < 4.78 is 1.02. The van der Waals surface area contributed by atoms with Gasteiger partial charge in [-0.1, -0.05) is 46.6 Å². The van der Waals surface area contributed by atoms with E-state index in [1.807, 2.05) is 62.4 Å². The fraction of sp³-hybridized carbons (Fsp3) is 0.364. The van der Waals surface area contributed by atoms with Crippen LogP contribution in [0.4, 0.5) is 10.5 Å². The van der Waals surface area contributed by atoms with Crippen LogP contribution in [0, 0.1) is 0 Å². The second-order valence-corrected chi connectivity index (χ2v) is 8.49. The standard InChI is InChI=1S/C22H26BrN3O2/c1-15(2)25-21(28)26-19-10-4-16(5-11-19)14-24-20(27)22(12-3-13-22)17-6-8-18(23)9-7-17/h4-11,15H,3,12-14H2,1-2H3,(H,24,27)(H2,25,26,28). The topological polar surface area (TPSA) is 70.2 Å². The number of nitrogens with one attached hydrogen (secondary N) is 3. The molecule has 0 atom stereocenters. The first-order valence-corrected chi connectivity index (χ1v) is 10.4. The highest BCUT2D eigenvalue weighted by Gasteiger charge is 2.45. The second-order valence-electron chi connectivity index (χ2n) is 7.58. The SMILES string of the molecule is CC(C)NC(=O)Nc1ccc(CNC(=O)C2(c3ccc(Br)cc3)CCC2)cc1. The maximum Gasteiger partial charge on any atom is 0.319 e. The van der Waals surface area contributed by atoms with Crippen LogP contribution >= 0.6 is 15.9 Å². The van der Waals surface area contributed by atoms with Crippen LogP contribution in [-0.2, 0) is 16.8 Å². The normalized spacial score (nSPS) is 14.9. The number of benzene rings is 2. The highest BCUT2D eigenvalue weighted by atomic mass is 79.9. The number of rotatable bonds is 6. The minimum atomic E-state index is -0.406. The molecule has 0 saturated heterocycles. The number of halogens is 1. The molecule has 2 aromatic rings. The van der Waals surface area contributed by atoms with Crippen LogP contribution in [0.1, 0.15) is 44.2 Å². The molecule has 0 heterocycles. The molecule has 28 heavy (non-hydrogen) atoms. The molecule has 1 aliphatic carbocycles. The fourth-order valence-corrected chi connectivity index (χ4v) is 3.70. The Bertz CT molecular complexity index is 828. The molecular weight excluding hydrogens is 418 g/mol. The van der Waals surface area contributed by atoms with E-state index in [1.165, 1.54) is 0 Å². The zero-order chi connectivity index (χ0) is 20.1.